The molecular weight excluding hydrogens is 757 g/mol. The van der Waals surface area contributed by atoms with Crippen molar-refractivity contribution in [3.8, 4) is 0 Å². The second-order valence-electron chi connectivity index (χ2n) is 17.8. The van der Waals surface area contributed by atoms with Crippen LogP contribution in [0.3, 0.4) is 0 Å². The van der Waals surface area contributed by atoms with Crippen molar-refractivity contribution in [2.24, 2.45) is 0 Å². The largest absolute Gasteiger partial charge is 0.462 e. The average molecular weight is 857 g/mol. The maximum Gasteiger partial charge on any atom is 0.306 e. The molecule has 0 aliphatic carbocycles. The van der Waals surface area contributed by atoms with Crippen molar-refractivity contribution >= 4 is 17.9 Å². The Balaban J connectivity index is 4.33. The van der Waals surface area contributed by atoms with Crippen molar-refractivity contribution in [2.75, 3.05) is 13.2 Å². The van der Waals surface area contributed by atoms with Gasteiger partial charge < -0.3 is 14.2 Å². The van der Waals surface area contributed by atoms with Gasteiger partial charge in [0.05, 0.1) is 0 Å². The molecule has 0 unspecified atom stereocenters. The Morgan fingerprint density at radius 3 is 1.00 bits per heavy atom. The molecule has 6 nitrogen and oxygen atoms in total. The number of esters is 3. The number of hydrogen-bond acceptors (Lipinski definition) is 6. The smallest absolute Gasteiger partial charge is 0.306 e. The van der Waals surface area contributed by atoms with Crippen LogP contribution in [0.4, 0.5) is 0 Å². The van der Waals surface area contributed by atoms with E-state index in [1.165, 1.54) is 141 Å². The number of allylic oxidation sites excluding steroid dienone is 6. The molecule has 0 saturated heterocycles. The van der Waals surface area contributed by atoms with E-state index in [9.17, 15) is 14.4 Å². The van der Waals surface area contributed by atoms with Gasteiger partial charge in [-0.25, -0.2) is 0 Å². The predicted octanol–water partition coefficient (Wildman–Crippen LogP) is 17.3. The van der Waals surface area contributed by atoms with E-state index in [2.05, 4.69) is 57.2 Å². The van der Waals surface area contributed by atoms with E-state index in [1.54, 1.807) is 0 Å². The Bertz CT molecular complexity index is 1030. The topological polar surface area (TPSA) is 78.9 Å². The van der Waals surface area contributed by atoms with E-state index in [-0.39, 0.29) is 31.1 Å². The fourth-order valence-corrected chi connectivity index (χ4v) is 7.69. The van der Waals surface area contributed by atoms with Gasteiger partial charge in [0.1, 0.15) is 13.2 Å². The molecule has 0 aromatic rings. The third-order valence-electron chi connectivity index (χ3n) is 11.7. The summed E-state index contributed by atoms with van der Waals surface area (Å²) >= 11 is 0. The highest BCUT2D eigenvalue weighted by Crippen LogP contribution is 2.16. The highest BCUT2D eigenvalue weighted by atomic mass is 16.6. The molecule has 0 spiro atoms. The molecule has 0 rings (SSSR count). The van der Waals surface area contributed by atoms with Crippen LogP contribution in [0.5, 0.6) is 0 Å². The van der Waals surface area contributed by atoms with Crippen LogP contribution in [0, 0.1) is 0 Å². The molecule has 0 aliphatic heterocycles. The zero-order valence-corrected chi connectivity index (χ0v) is 40.7. The van der Waals surface area contributed by atoms with Crippen LogP contribution in [0.1, 0.15) is 278 Å². The normalized spacial score (nSPS) is 12.2. The second kappa shape index (κ2) is 50.3. The van der Waals surface area contributed by atoms with Crippen molar-refractivity contribution in [3.05, 3.63) is 36.5 Å². The van der Waals surface area contributed by atoms with E-state index in [0.717, 1.165) is 96.3 Å². The van der Waals surface area contributed by atoms with Crippen LogP contribution in [0.25, 0.3) is 0 Å². The molecule has 0 heterocycles. The summed E-state index contributed by atoms with van der Waals surface area (Å²) in [6.45, 7) is 6.53. The van der Waals surface area contributed by atoms with Crippen molar-refractivity contribution in [1.82, 2.24) is 0 Å². The monoisotopic (exact) mass is 857 g/mol. The molecule has 356 valence electrons. The highest BCUT2D eigenvalue weighted by molar-refractivity contribution is 5.71. The Morgan fingerprint density at radius 1 is 0.344 bits per heavy atom. The summed E-state index contributed by atoms with van der Waals surface area (Å²) < 4.78 is 16.8. The fraction of sp³-hybridized carbons (Fsp3) is 0.836. The number of carbonyl (C=O) groups is 3. The first-order valence-corrected chi connectivity index (χ1v) is 26.5. The lowest BCUT2D eigenvalue weighted by Gasteiger charge is -2.18. The molecule has 0 aliphatic rings. The summed E-state index contributed by atoms with van der Waals surface area (Å²) in [6.07, 6.45) is 58.4. The number of ether oxygens (including phenoxy) is 3. The lowest BCUT2D eigenvalue weighted by atomic mass is 10.0. The van der Waals surface area contributed by atoms with Crippen LogP contribution in [-0.4, -0.2) is 37.2 Å². The lowest BCUT2D eigenvalue weighted by Crippen LogP contribution is -2.30. The molecule has 0 amide bonds. The molecule has 0 aromatic heterocycles. The SMILES string of the molecule is CC/C=C\C/C=C\C/C=C\CCCCCCCC(=O)O[C@H](COC(=O)CCCCCCCCCCCCC)COC(=O)CCCCCCCCCCCCCCCCCCC. The van der Waals surface area contributed by atoms with Gasteiger partial charge in [-0.15, -0.1) is 0 Å². The van der Waals surface area contributed by atoms with Gasteiger partial charge in [0, 0.05) is 19.3 Å². The maximum absolute atomic E-state index is 12.8. The lowest BCUT2D eigenvalue weighted by molar-refractivity contribution is -0.167. The van der Waals surface area contributed by atoms with Gasteiger partial charge in [0.25, 0.3) is 0 Å². The van der Waals surface area contributed by atoms with Gasteiger partial charge in [-0.05, 0) is 51.4 Å². The molecule has 1 atom stereocenters. The molecular formula is C55H100O6. The standard InChI is InChI=1S/C55H100O6/c1-4-7-10-13-16-19-22-24-26-27-29-30-33-36-39-42-45-48-54(57)60-51-52(50-59-53(56)47-44-41-38-35-32-21-18-15-12-9-6-3)61-55(58)49-46-43-40-37-34-31-28-25-23-20-17-14-11-8-5-2/h8,11,17,20,25,28,52H,4-7,9-10,12-16,18-19,21-24,26-27,29-51H2,1-3H3/b11-8-,20-17-,28-25-/t52-/m1/s1. The number of rotatable bonds is 48. The van der Waals surface area contributed by atoms with Crippen molar-refractivity contribution in [1.29, 1.82) is 0 Å². The zero-order chi connectivity index (χ0) is 44.4. The van der Waals surface area contributed by atoms with Gasteiger partial charge in [-0.2, -0.15) is 0 Å². The average Bonchev–Trinajstić information content (AvgIpc) is 3.26. The summed E-state index contributed by atoms with van der Waals surface area (Å²) in [5, 5.41) is 0. The van der Waals surface area contributed by atoms with Crippen molar-refractivity contribution in [2.45, 2.75) is 284 Å². The molecule has 0 N–H and O–H groups in total. The Kier molecular flexibility index (Phi) is 48.3. The third kappa shape index (κ3) is 48.5. The fourth-order valence-electron chi connectivity index (χ4n) is 7.69. The Hall–Kier alpha value is -2.37. The molecule has 61 heavy (non-hydrogen) atoms. The Morgan fingerprint density at radius 2 is 0.639 bits per heavy atom. The van der Waals surface area contributed by atoms with Crippen LogP contribution in [0.15, 0.2) is 36.5 Å². The first-order chi connectivity index (χ1) is 30.0. The molecule has 0 radical (unpaired) electrons. The van der Waals surface area contributed by atoms with Gasteiger partial charge in [-0.1, -0.05) is 243 Å². The van der Waals surface area contributed by atoms with Crippen LogP contribution in [0.2, 0.25) is 0 Å². The summed E-state index contributed by atoms with van der Waals surface area (Å²) in [5.74, 6) is -0.879. The second-order valence-corrected chi connectivity index (χ2v) is 17.8. The molecule has 0 saturated carbocycles. The molecule has 0 bridgehead atoms. The molecule has 0 aromatic carbocycles. The van der Waals surface area contributed by atoms with E-state index in [0.29, 0.717) is 19.3 Å². The summed E-state index contributed by atoms with van der Waals surface area (Å²) in [5.41, 5.74) is 0. The number of carbonyl (C=O) groups excluding carboxylic acids is 3. The minimum absolute atomic E-state index is 0.0749. The molecule has 6 heteroatoms. The van der Waals surface area contributed by atoms with Gasteiger partial charge in [-0.3, -0.25) is 14.4 Å². The summed E-state index contributed by atoms with van der Waals surface area (Å²) in [6, 6.07) is 0. The van der Waals surface area contributed by atoms with Crippen molar-refractivity contribution in [3.63, 3.8) is 0 Å². The third-order valence-corrected chi connectivity index (χ3v) is 11.7. The van der Waals surface area contributed by atoms with Gasteiger partial charge in [0.2, 0.25) is 0 Å². The van der Waals surface area contributed by atoms with Gasteiger partial charge >= 0.3 is 17.9 Å². The Labute approximate surface area is 378 Å². The van der Waals surface area contributed by atoms with E-state index in [4.69, 9.17) is 14.2 Å². The van der Waals surface area contributed by atoms with Crippen LogP contribution >= 0.6 is 0 Å². The maximum atomic E-state index is 12.8. The summed E-state index contributed by atoms with van der Waals surface area (Å²) in [7, 11) is 0. The quantitative estimate of drug-likeness (QED) is 0.0262. The minimum atomic E-state index is -0.775. The number of hydrogen-bond donors (Lipinski definition) is 0. The van der Waals surface area contributed by atoms with E-state index < -0.39 is 6.10 Å². The summed E-state index contributed by atoms with van der Waals surface area (Å²) in [4.78, 5) is 38.0. The van der Waals surface area contributed by atoms with Crippen LogP contribution < -0.4 is 0 Å². The highest BCUT2D eigenvalue weighted by Gasteiger charge is 2.19. The van der Waals surface area contributed by atoms with Crippen molar-refractivity contribution < 1.29 is 28.6 Å². The van der Waals surface area contributed by atoms with E-state index >= 15 is 0 Å². The predicted molar refractivity (Wildman–Crippen MR) is 261 cm³/mol. The van der Waals surface area contributed by atoms with E-state index in [1.807, 2.05) is 0 Å². The molecule has 0 fully saturated rings. The zero-order valence-electron chi connectivity index (χ0n) is 40.7. The number of unbranched alkanes of at least 4 members (excludes halogenated alkanes) is 31. The first kappa shape index (κ1) is 58.6. The van der Waals surface area contributed by atoms with Gasteiger partial charge in [0.15, 0.2) is 6.10 Å². The van der Waals surface area contributed by atoms with Crippen LogP contribution in [-0.2, 0) is 28.6 Å². The first-order valence-electron chi connectivity index (χ1n) is 26.5. The minimum Gasteiger partial charge on any atom is -0.462 e.